The third-order valence-electron chi connectivity index (χ3n) is 16.8. The van der Waals surface area contributed by atoms with Gasteiger partial charge in [-0.15, -0.1) is 0 Å². The lowest BCUT2D eigenvalue weighted by Gasteiger charge is -2.21. The molecule has 7 atom stereocenters. The van der Waals surface area contributed by atoms with Gasteiger partial charge >= 0.3 is 39.5 Å². The summed E-state index contributed by atoms with van der Waals surface area (Å²) in [6.45, 7) is 14.0. The molecule has 17 nitrogen and oxygen atoms in total. The highest BCUT2D eigenvalue weighted by atomic mass is 31.2. The summed E-state index contributed by atoms with van der Waals surface area (Å²) in [5.74, 6) is 0.840. The van der Waals surface area contributed by atoms with Crippen molar-refractivity contribution in [2.75, 3.05) is 39.6 Å². The van der Waals surface area contributed by atoms with Crippen LogP contribution in [0.2, 0.25) is 0 Å². The third-order valence-corrected chi connectivity index (χ3v) is 18.7. The van der Waals surface area contributed by atoms with Crippen molar-refractivity contribution in [1.29, 1.82) is 0 Å². The molecule has 0 saturated heterocycles. The summed E-state index contributed by atoms with van der Waals surface area (Å²) in [6.07, 6.45) is 41.9. The number of phosphoric ester groups is 2. The second kappa shape index (κ2) is 59.8. The number of phosphoric acid groups is 2. The van der Waals surface area contributed by atoms with Crippen LogP contribution in [0.4, 0.5) is 0 Å². The van der Waals surface area contributed by atoms with Crippen LogP contribution in [-0.2, 0) is 65.4 Å². The molecule has 0 aromatic heterocycles. The van der Waals surface area contributed by atoms with E-state index in [0.29, 0.717) is 31.6 Å². The first-order chi connectivity index (χ1) is 42.7. The summed E-state index contributed by atoms with van der Waals surface area (Å²) in [7, 11) is -9.90. The van der Waals surface area contributed by atoms with Crippen molar-refractivity contribution >= 4 is 39.5 Å². The van der Waals surface area contributed by atoms with Gasteiger partial charge in [-0.05, 0) is 49.4 Å². The van der Waals surface area contributed by atoms with E-state index in [1.54, 1.807) is 0 Å². The Morgan fingerprint density at radius 2 is 0.539 bits per heavy atom. The fourth-order valence-electron chi connectivity index (χ4n) is 10.4. The maximum absolute atomic E-state index is 13.0. The van der Waals surface area contributed by atoms with Gasteiger partial charge in [0.05, 0.1) is 26.4 Å². The average molecular weight is 1310 g/mol. The van der Waals surface area contributed by atoms with Crippen LogP contribution in [0.1, 0.15) is 344 Å². The fraction of sp³-hybridized carbons (Fsp3) is 0.943. The molecular weight excluding hydrogens is 1170 g/mol. The van der Waals surface area contributed by atoms with Crippen LogP contribution in [-0.4, -0.2) is 96.7 Å². The van der Waals surface area contributed by atoms with Gasteiger partial charge in [0.1, 0.15) is 19.3 Å². The SMILES string of the molecule is CCC(C)CCCCCCCCCCC(=O)O[C@H](COC(=O)CCCCCCCCCCCCCCCCCC(C)C)COP(=O)(O)OC[C@@H](O)COP(=O)(O)OC[C@@H](COC(=O)CCCCCCCCC(C)CC)OC(=O)CCCCCCCCC(C)C. The summed E-state index contributed by atoms with van der Waals surface area (Å²) in [6, 6.07) is 0. The lowest BCUT2D eigenvalue weighted by Crippen LogP contribution is -2.30. The first-order valence-corrected chi connectivity index (χ1v) is 39.3. The maximum atomic E-state index is 13.0. The first-order valence-electron chi connectivity index (χ1n) is 36.3. The van der Waals surface area contributed by atoms with Crippen molar-refractivity contribution in [2.24, 2.45) is 23.7 Å². The van der Waals surface area contributed by atoms with Gasteiger partial charge in [0.25, 0.3) is 0 Å². The van der Waals surface area contributed by atoms with Crippen molar-refractivity contribution in [1.82, 2.24) is 0 Å². The molecule has 0 aliphatic heterocycles. The highest BCUT2D eigenvalue weighted by Gasteiger charge is 2.30. The molecular formula is C70H136O17P2. The molecule has 0 bridgehead atoms. The lowest BCUT2D eigenvalue weighted by atomic mass is 9.99. The monoisotopic (exact) mass is 1310 g/mol. The molecule has 3 N–H and O–H groups in total. The zero-order valence-electron chi connectivity index (χ0n) is 58.1. The van der Waals surface area contributed by atoms with E-state index in [9.17, 15) is 43.2 Å². The quantitative estimate of drug-likeness (QED) is 0.0222. The zero-order valence-corrected chi connectivity index (χ0v) is 59.8. The number of unbranched alkanes of at least 4 members (excludes halogenated alkanes) is 31. The van der Waals surface area contributed by atoms with E-state index in [-0.39, 0.29) is 25.7 Å². The van der Waals surface area contributed by atoms with Crippen LogP contribution in [0.5, 0.6) is 0 Å². The van der Waals surface area contributed by atoms with Crippen molar-refractivity contribution < 1.29 is 80.2 Å². The van der Waals surface area contributed by atoms with Crippen molar-refractivity contribution in [2.45, 2.75) is 363 Å². The van der Waals surface area contributed by atoms with Gasteiger partial charge in [-0.1, -0.05) is 293 Å². The Morgan fingerprint density at radius 1 is 0.315 bits per heavy atom. The molecule has 0 fully saturated rings. The van der Waals surface area contributed by atoms with E-state index in [1.807, 2.05) is 0 Å². The van der Waals surface area contributed by atoms with Crippen LogP contribution in [0.3, 0.4) is 0 Å². The van der Waals surface area contributed by atoms with Crippen LogP contribution in [0, 0.1) is 23.7 Å². The predicted molar refractivity (Wildman–Crippen MR) is 358 cm³/mol. The van der Waals surface area contributed by atoms with E-state index < -0.39 is 97.5 Å². The number of ether oxygens (including phenoxy) is 4. The summed E-state index contributed by atoms with van der Waals surface area (Å²) in [5.41, 5.74) is 0. The Hall–Kier alpha value is -1.94. The van der Waals surface area contributed by atoms with Gasteiger partial charge in [-0.3, -0.25) is 37.3 Å². The molecule has 528 valence electrons. The van der Waals surface area contributed by atoms with Gasteiger partial charge in [0, 0.05) is 25.7 Å². The Morgan fingerprint density at radius 3 is 0.798 bits per heavy atom. The maximum Gasteiger partial charge on any atom is 0.472 e. The molecule has 4 unspecified atom stereocenters. The Bertz CT molecular complexity index is 1770. The second-order valence-corrected chi connectivity index (χ2v) is 29.6. The minimum Gasteiger partial charge on any atom is -0.462 e. The van der Waals surface area contributed by atoms with Crippen LogP contribution in [0.25, 0.3) is 0 Å². The van der Waals surface area contributed by atoms with E-state index in [0.717, 1.165) is 114 Å². The summed E-state index contributed by atoms with van der Waals surface area (Å²) < 4.78 is 68.2. The van der Waals surface area contributed by atoms with Crippen molar-refractivity contribution in [3.05, 3.63) is 0 Å². The third kappa shape index (κ3) is 62.0. The van der Waals surface area contributed by atoms with Gasteiger partial charge in [-0.2, -0.15) is 0 Å². The molecule has 0 radical (unpaired) electrons. The minimum absolute atomic E-state index is 0.101. The smallest absolute Gasteiger partial charge is 0.462 e. The van der Waals surface area contributed by atoms with Crippen molar-refractivity contribution in [3.8, 4) is 0 Å². The van der Waals surface area contributed by atoms with E-state index in [2.05, 4.69) is 55.4 Å². The number of carbonyl (C=O) groups excluding carboxylic acids is 4. The van der Waals surface area contributed by atoms with Gasteiger partial charge in [0.15, 0.2) is 12.2 Å². The minimum atomic E-state index is -4.95. The summed E-state index contributed by atoms with van der Waals surface area (Å²) in [4.78, 5) is 72.5. The fourth-order valence-corrected chi connectivity index (χ4v) is 12.0. The molecule has 0 aromatic carbocycles. The molecule has 89 heavy (non-hydrogen) atoms. The van der Waals surface area contributed by atoms with E-state index in [4.69, 9.17) is 37.0 Å². The average Bonchev–Trinajstić information content (AvgIpc) is 3.68. The molecule has 19 heteroatoms. The molecule has 0 aromatic rings. The number of hydrogen-bond acceptors (Lipinski definition) is 15. The largest absolute Gasteiger partial charge is 0.472 e. The standard InChI is InChI=1S/C70H136O17P2/c1-9-62(7)48-40-32-23-20-21-25-36-44-52-69(74)86-65(56-80-67(72)50-42-34-24-19-17-15-13-11-12-14-16-18-22-30-38-46-60(3)4)58-84-88(76,77)82-54-64(71)55-83-89(78,79)85-59-66(87-70(75)53-45-37-28-26-31-39-47-61(5)6)57-81-68(73)51-43-35-29-27-33-41-49-63(8)10-2/h60-66,71H,9-59H2,1-8H3,(H,76,77)(H,78,79)/t62?,63?,64-,65-,66-/m1/s1. The lowest BCUT2D eigenvalue weighted by molar-refractivity contribution is -0.161. The number of hydrogen-bond donors (Lipinski definition) is 3. The molecule has 0 saturated carbocycles. The van der Waals surface area contributed by atoms with Crippen LogP contribution < -0.4 is 0 Å². The van der Waals surface area contributed by atoms with E-state index in [1.165, 1.54) is 141 Å². The Labute approximate surface area is 543 Å². The normalized spacial score (nSPS) is 14.9. The zero-order chi connectivity index (χ0) is 66.1. The number of aliphatic hydroxyl groups is 1. The predicted octanol–water partition coefficient (Wildman–Crippen LogP) is 19.7. The molecule has 0 amide bonds. The molecule has 0 spiro atoms. The number of carbonyl (C=O) groups is 4. The topological polar surface area (TPSA) is 237 Å². The van der Waals surface area contributed by atoms with Gasteiger partial charge < -0.3 is 33.8 Å². The van der Waals surface area contributed by atoms with Crippen LogP contribution >= 0.6 is 15.6 Å². The highest BCUT2D eigenvalue weighted by molar-refractivity contribution is 7.47. The number of esters is 4. The molecule has 0 aliphatic carbocycles. The summed E-state index contributed by atoms with van der Waals surface area (Å²) in [5, 5.41) is 10.6. The number of rotatable bonds is 67. The highest BCUT2D eigenvalue weighted by Crippen LogP contribution is 2.45. The van der Waals surface area contributed by atoms with E-state index >= 15 is 0 Å². The molecule has 0 heterocycles. The second-order valence-electron chi connectivity index (χ2n) is 26.7. The Kier molecular flexibility index (Phi) is 58.5. The van der Waals surface area contributed by atoms with Gasteiger partial charge in [-0.25, -0.2) is 9.13 Å². The van der Waals surface area contributed by atoms with Crippen LogP contribution in [0.15, 0.2) is 0 Å². The molecule has 0 aliphatic rings. The Balaban J connectivity index is 5.20. The summed E-state index contributed by atoms with van der Waals surface area (Å²) >= 11 is 0. The van der Waals surface area contributed by atoms with Gasteiger partial charge in [0.2, 0.25) is 0 Å². The molecule has 0 rings (SSSR count). The number of aliphatic hydroxyl groups excluding tert-OH is 1. The first kappa shape index (κ1) is 87.1. The van der Waals surface area contributed by atoms with Crippen molar-refractivity contribution in [3.63, 3.8) is 0 Å².